The van der Waals surface area contributed by atoms with Gasteiger partial charge in [0.2, 0.25) is 15.9 Å². The van der Waals surface area contributed by atoms with E-state index in [1.165, 1.54) is 10.6 Å². The largest absolute Gasteiger partial charge is 0.367 e. The molecule has 0 saturated carbocycles. The molecule has 1 heterocycles. The Labute approximate surface area is 160 Å². The van der Waals surface area contributed by atoms with Gasteiger partial charge < -0.3 is 15.1 Å². The van der Waals surface area contributed by atoms with Crippen LogP contribution in [0.5, 0.6) is 0 Å². The Balaban J connectivity index is 1.93. The molecule has 1 N–H and O–H groups in total. The highest BCUT2D eigenvalue weighted by Crippen LogP contribution is 2.27. The Hall–Kier alpha value is -1.29. The van der Waals surface area contributed by atoms with Crippen LogP contribution in [-0.4, -0.2) is 88.1 Å². The molecule has 1 aliphatic heterocycles. The Morgan fingerprint density at radius 3 is 2.46 bits per heavy atom. The molecular formula is C17H28N4O3S2. The van der Waals surface area contributed by atoms with E-state index in [0.29, 0.717) is 31.9 Å². The molecule has 2 rings (SSSR count). The number of sulfonamides is 1. The van der Waals surface area contributed by atoms with Gasteiger partial charge in [-0.3, -0.25) is 4.79 Å². The summed E-state index contributed by atoms with van der Waals surface area (Å²) >= 11 is 1.61. The minimum absolute atomic E-state index is 0.0176. The lowest BCUT2D eigenvalue weighted by Gasteiger charge is -2.35. The number of para-hydroxylation sites is 2. The number of anilines is 2. The molecule has 0 atom stereocenters. The van der Waals surface area contributed by atoms with Crippen LogP contribution in [-0.2, 0) is 14.8 Å². The molecule has 1 aliphatic rings. The fraction of sp³-hybridized carbons (Fsp3) is 0.588. The molecule has 1 saturated heterocycles. The van der Waals surface area contributed by atoms with Gasteiger partial charge in [0.15, 0.2) is 0 Å². The maximum absolute atomic E-state index is 12.2. The van der Waals surface area contributed by atoms with Crippen molar-refractivity contribution in [1.29, 1.82) is 0 Å². The first-order valence-corrected chi connectivity index (χ1v) is 11.6. The molecule has 1 aromatic carbocycles. The van der Waals surface area contributed by atoms with Crippen molar-refractivity contribution in [2.24, 2.45) is 0 Å². The van der Waals surface area contributed by atoms with Crippen LogP contribution in [0.2, 0.25) is 0 Å². The standard InChI is InChI=1S/C17H28N4O3S2/c1-19(2)12-13-25-14-17(22)18-15-6-4-5-7-16(15)20-8-10-21(11-9-20)26(3,23)24/h4-7H,8-14H2,1-3H3,(H,18,22). The fourth-order valence-corrected chi connectivity index (χ4v) is 4.44. The second-order valence-electron chi connectivity index (χ2n) is 6.57. The second-order valence-corrected chi connectivity index (χ2v) is 9.66. The Morgan fingerprint density at radius 2 is 1.85 bits per heavy atom. The predicted molar refractivity (Wildman–Crippen MR) is 110 cm³/mol. The average Bonchev–Trinajstić information content (AvgIpc) is 2.58. The smallest absolute Gasteiger partial charge is 0.234 e. The van der Waals surface area contributed by atoms with Gasteiger partial charge in [-0.15, -0.1) is 0 Å². The molecule has 0 aromatic heterocycles. The van der Waals surface area contributed by atoms with Crippen LogP contribution in [0.15, 0.2) is 24.3 Å². The normalized spacial score (nSPS) is 16.1. The minimum atomic E-state index is -3.15. The molecule has 0 unspecified atom stereocenters. The Bertz CT molecular complexity index is 702. The third-order valence-corrected chi connectivity index (χ3v) is 6.38. The molecular weight excluding hydrogens is 372 g/mol. The predicted octanol–water partition coefficient (Wildman–Crippen LogP) is 1.00. The maximum Gasteiger partial charge on any atom is 0.234 e. The van der Waals surface area contributed by atoms with Crippen molar-refractivity contribution >= 4 is 39.1 Å². The van der Waals surface area contributed by atoms with E-state index < -0.39 is 10.0 Å². The Morgan fingerprint density at radius 1 is 1.19 bits per heavy atom. The molecule has 0 bridgehead atoms. The fourth-order valence-electron chi connectivity index (χ4n) is 2.71. The maximum atomic E-state index is 12.2. The summed E-state index contributed by atoms with van der Waals surface area (Å²) in [7, 11) is 0.880. The van der Waals surface area contributed by atoms with E-state index in [1.807, 2.05) is 38.4 Å². The van der Waals surface area contributed by atoms with Crippen LogP contribution < -0.4 is 10.2 Å². The van der Waals surface area contributed by atoms with Crippen molar-refractivity contribution in [1.82, 2.24) is 9.21 Å². The number of hydrogen-bond acceptors (Lipinski definition) is 6. The molecule has 0 radical (unpaired) electrons. The number of carbonyl (C=O) groups excluding carboxylic acids is 1. The number of amides is 1. The van der Waals surface area contributed by atoms with E-state index in [4.69, 9.17) is 0 Å². The zero-order chi connectivity index (χ0) is 19.2. The summed E-state index contributed by atoms with van der Waals surface area (Å²) < 4.78 is 24.8. The van der Waals surface area contributed by atoms with E-state index in [2.05, 4.69) is 15.1 Å². The third kappa shape index (κ3) is 6.46. The van der Waals surface area contributed by atoms with E-state index in [9.17, 15) is 13.2 Å². The monoisotopic (exact) mass is 400 g/mol. The van der Waals surface area contributed by atoms with Gasteiger partial charge in [-0.1, -0.05) is 12.1 Å². The molecule has 0 spiro atoms. The van der Waals surface area contributed by atoms with Gasteiger partial charge in [0.05, 0.1) is 23.4 Å². The minimum Gasteiger partial charge on any atom is -0.367 e. The number of carbonyl (C=O) groups is 1. The summed E-state index contributed by atoms with van der Waals surface area (Å²) in [6.07, 6.45) is 1.24. The van der Waals surface area contributed by atoms with Gasteiger partial charge in [-0.05, 0) is 26.2 Å². The second kappa shape index (κ2) is 9.59. The van der Waals surface area contributed by atoms with Crippen LogP contribution in [0.4, 0.5) is 11.4 Å². The molecule has 1 amide bonds. The number of piperazine rings is 1. The van der Waals surface area contributed by atoms with Crippen molar-refractivity contribution in [2.75, 3.05) is 74.8 Å². The number of rotatable bonds is 8. The summed E-state index contributed by atoms with van der Waals surface area (Å²) in [5, 5.41) is 2.99. The molecule has 1 aromatic rings. The van der Waals surface area contributed by atoms with Gasteiger partial charge in [0.25, 0.3) is 0 Å². The molecule has 146 valence electrons. The van der Waals surface area contributed by atoms with Crippen molar-refractivity contribution in [3.63, 3.8) is 0 Å². The summed E-state index contributed by atoms with van der Waals surface area (Å²) in [6, 6.07) is 7.68. The first kappa shape index (κ1) is 21.0. The zero-order valence-corrected chi connectivity index (χ0v) is 17.3. The topological polar surface area (TPSA) is 73.0 Å². The van der Waals surface area contributed by atoms with Crippen molar-refractivity contribution in [3.8, 4) is 0 Å². The van der Waals surface area contributed by atoms with E-state index in [1.54, 1.807) is 11.8 Å². The lowest BCUT2D eigenvalue weighted by atomic mass is 10.2. The number of benzene rings is 1. The first-order valence-electron chi connectivity index (χ1n) is 8.59. The van der Waals surface area contributed by atoms with Gasteiger partial charge >= 0.3 is 0 Å². The number of hydrogen-bond donors (Lipinski definition) is 1. The lowest BCUT2D eigenvalue weighted by Crippen LogP contribution is -2.48. The first-order chi connectivity index (χ1) is 12.3. The third-order valence-electron chi connectivity index (χ3n) is 4.14. The SMILES string of the molecule is CN(C)CCSCC(=O)Nc1ccccc1N1CCN(S(C)(=O)=O)CC1. The molecule has 1 fully saturated rings. The highest BCUT2D eigenvalue weighted by molar-refractivity contribution is 7.99. The number of nitrogens with one attached hydrogen (secondary N) is 1. The lowest BCUT2D eigenvalue weighted by molar-refractivity contribution is -0.113. The van der Waals surface area contributed by atoms with Gasteiger partial charge in [-0.25, -0.2) is 8.42 Å². The highest BCUT2D eigenvalue weighted by atomic mass is 32.2. The van der Waals surface area contributed by atoms with Crippen molar-refractivity contribution in [3.05, 3.63) is 24.3 Å². The quantitative estimate of drug-likeness (QED) is 0.657. The van der Waals surface area contributed by atoms with Gasteiger partial charge in [0.1, 0.15) is 0 Å². The molecule has 0 aliphatic carbocycles. The van der Waals surface area contributed by atoms with Crippen LogP contribution in [0, 0.1) is 0 Å². The van der Waals surface area contributed by atoms with E-state index in [-0.39, 0.29) is 5.91 Å². The van der Waals surface area contributed by atoms with Crippen molar-refractivity contribution in [2.45, 2.75) is 0 Å². The highest BCUT2D eigenvalue weighted by Gasteiger charge is 2.24. The number of thioether (sulfide) groups is 1. The number of nitrogens with zero attached hydrogens (tertiary/aromatic N) is 3. The van der Waals surface area contributed by atoms with Crippen LogP contribution in [0.25, 0.3) is 0 Å². The van der Waals surface area contributed by atoms with Gasteiger partial charge in [0, 0.05) is 38.5 Å². The average molecular weight is 401 g/mol. The van der Waals surface area contributed by atoms with Crippen LogP contribution in [0.3, 0.4) is 0 Å². The van der Waals surface area contributed by atoms with E-state index >= 15 is 0 Å². The van der Waals surface area contributed by atoms with E-state index in [0.717, 1.165) is 23.7 Å². The Kier molecular flexibility index (Phi) is 7.75. The molecule has 26 heavy (non-hydrogen) atoms. The van der Waals surface area contributed by atoms with Crippen molar-refractivity contribution < 1.29 is 13.2 Å². The zero-order valence-electron chi connectivity index (χ0n) is 15.6. The van der Waals surface area contributed by atoms with Gasteiger partial charge in [-0.2, -0.15) is 16.1 Å². The summed E-state index contributed by atoms with van der Waals surface area (Å²) in [5.74, 6) is 1.32. The van der Waals surface area contributed by atoms with Crippen LogP contribution in [0.1, 0.15) is 0 Å². The summed E-state index contributed by atoms with van der Waals surface area (Å²) in [4.78, 5) is 16.4. The summed E-state index contributed by atoms with van der Waals surface area (Å²) in [6.45, 7) is 3.08. The molecule has 9 heteroatoms. The molecule has 7 nitrogen and oxygen atoms in total. The van der Waals surface area contributed by atoms with Crippen LogP contribution >= 0.6 is 11.8 Å². The summed E-state index contributed by atoms with van der Waals surface area (Å²) in [5.41, 5.74) is 1.71.